The third-order valence-corrected chi connectivity index (χ3v) is 2.52. The van der Waals surface area contributed by atoms with Crippen LogP contribution in [-0.4, -0.2) is 27.1 Å². The van der Waals surface area contributed by atoms with Crippen LogP contribution in [0.2, 0.25) is 0 Å². The molecule has 1 aromatic heterocycles. The van der Waals surface area contributed by atoms with Gasteiger partial charge in [-0.25, -0.2) is 5.43 Å². The zero-order valence-corrected chi connectivity index (χ0v) is 10.6. The number of hydrogen-bond donors (Lipinski definition) is 2. The first-order valence-corrected chi connectivity index (χ1v) is 5.79. The summed E-state index contributed by atoms with van der Waals surface area (Å²) >= 11 is 0. The normalized spacial score (nSPS) is 10.5. The average Bonchev–Trinajstić information content (AvgIpc) is 2.48. The molecule has 8 heteroatoms. The molecular weight excluding hydrogens is 276 g/mol. The molecule has 1 aromatic carbocycles. The molecule has 21 heavy (non-hydrogen) atoms. The van der Waals surface area contributed by atoms with E-state index in [0.717, 1.165) is 12.3 Å². The van der Waals surface area contributed by atoms with Crippen LogP contribution in [0.25, 0.3) is 0 Å². The molecule has 0 spiro atoms. The predicted molar refractivity (Wildman–Crippen MR) is 74.1 cm³/mol. The molecule has 8 nitrogen and oxygen atoms in total. The monoisotopic (exact) mass is 286 g/mol. The maximum Gasteiger partial charge on any atom is 0.278 e. The van der Waals surface area contributed by atoms with Crippen molar-refractivity contribution in [3.63, 3.8) is 0 Å². The van der Waals surface area contributed by atoms with Crippen LogP contribution in [0, 0.1) is 10.1 Å². The summed E-state index contributed by atoms with van der Waals surface area (Å²) in [5.41, 5.74) is 2.44. The summed E-state index contributed by atoms with van der Waals surface area (Å²) in [6.45, 7) is 0. The number of phenols is 1. The van der Waals surface area contributed by atoms with Crippen LogP contribution in [0.5, 0.6) is 5.75 Å². The van der Waals surface area contributed by atoms with Crippen molar-refractivity contribution >= 4 is 17.8 Å². The van der Waals surface area contributed by atoms with Gasteiger partial charge in [0.2, 0.25) is 0 Å². The molecule has 1 heterocycles. The smallest absolute Gasteiger partial charge is 0.278 e. The maximum atomic E-state index is 11.7. The van der Waals surface area contributed by atoms with Crippen molar-refractivity contribution < 1.29 is 14.8 Å². The molecule has 0 atom stereocenters. The van der Waals surface area contributed by atoms with E-state index in [1.807, 2.05) is 0 Å². The van der Waals surface area contributed by atoms with Gasteiger partial charge in [0.15, 0.2) is 0 Å². The summed E-state index contributed by atoms with van der Waals surface area (Å²) < 4.78 is 0. The van der Waals surface area contributed by atoms with Gasteiger partial charge in [-0.05, 0) is 24.3 Å². The lowest BCUT2D eigenvalue weighted by Crippen LogP contribution is -2.17. The number of nitro groups is 1. The van der Waals surface area contributed by atoms with Gasteiger partial charge in [0.1, 0.15) is 5.75 Å². The van der Waals surface area contributed by atoms with Crippen molar-refractivity contribution in [1.82, 2.24) is 10.4 Å². The van der Waals surface area contributed by atoms with Gasteiger partial charge in [-0.1, -0.05) is 0 Å². The summed E-state index contributed by atoms with van der Waals surface area (Å²) in [5, 5.41) is 23.8. The molecular formula is C13H10N4O4. The minimum Gasteiger partial charge on any atom is -0.508 e. The van der Waals surface area contributed by atoms with E-state index in [-0.39, 0.29) is 17.0 Å². The number of hydrazone groups is 1. The number of aromatic nitrogens is 1. The third kappa shape index (κ3) is 3.60. The highest BCUT2D eigenvalue weighted by Crippen LogP contribution is 2.21. The Morgan fingerprint density at radius 2 is 2.05 bits per heavy atom. The van der Waals surface area contributed by atoms with Gasteiger partial charge in [-0.2, -0.15) is 5.10 Å². The Kier molecular flexibility index (Phi) is 4.20. The van der Waals surface area contributed by atoms with Gasteiger partial charge in [-0.3, -0.25) is 19.9 Å². The number of pyridine rings is 1. The SMILES string of the molecule is O=C(NN=Cc1cc(O)ccc1[N+](=O)[O-])c1ccncc1. The van der Waals surface area contributed by atoms with Crippen molar-refractivity contribution in [3.05, 3.63) is 64.0 Å². The van der Waals surface area contributed by atoms with E-state index < -0.39 is 10.8 Å². The second-order valence-corrected chi connectivity index (χ2v) is 3.94. The number of carbonyl (C=O) groups excluding carboxylic acids is 1. The van der Waals surface area contributed by atoms with Crippen molar-refractivity contribution in [2.75, 3.05) is 0 Å². The fourth-order valence-electron chi connectivity index (χ4n) is 1.54. The van der Waals surface area contributed by atoms with Crippen LogP contribution in [-0.2, 0) is 0 Å². The maximum absolute atomic E-state index is 11.7. The first-order valence-electron chi connectivity index (χ1n) is 5.79. The molecule has 0 radical (unpaired) electrons. The molecule has 0 saturated carbocycles. The van der Waals surface area contributed by atoms with Crippen LogP contribution in [0.15, 0.2) is 47.8 Å². The van der Waals surface area contributed by atoms with Gasteiger partial charge < -0.3 is 5.11 Å². The average molecular weight is 286 g/mol. The van der Waals surface area contributed by atoms with Crippen LogP contribution in [0.1, 0.15) is 15.9 Å². The number of nitrogens with zero attached hydrogens (tertiary/aromatic N) is 3. The second-order valence-electron chi connectivity index (χ2n) is 3.94. The van der Waals surface area contributed by atoms with Crippen LogP contribution >= 0.6 is 0 Å². The van der Waals surface area contributed by atoms with Gasteiger partial charge in [0, 0.05) is 24.0 Å². The first kappa shape index (κ1) is 14.1. The first-order chi connectivity index (χ1) is 10.1. The van der Waals surface area contributed by atoms with Crippen molar-refractivity contribution in [2.24, 2.45) is 5.10 Å². The lowest BCUT2D eigenvalue weighted by atomic mass is 10.2. The lowest BCUT2D eigenvalue weighted by Gasteiger charge is -2.00. The molecule has 0 aliphatic heterocycles. The molecule has 0 saturated heterocycles. The zero-order chi connectivity index (χ0) is 15.2. The van der Waals surface area contributed by atoms with Gasteiger partial charge >= 0.3 is 0 Å². The number of nitro benzene ring substituents is 1. The minimum absolute atomic E-state index is 0.0787. The molecule has 2 aromatic rings. The van der Waals surface area contributed by atoms with E-state index in [4.69, 9.17) is 0 Å². The fourth-order valence-corrected chi connectivity index (χ4v) is 1.54. The number of hydrogen-bond acceptors (Lipinski definition) is 6. The molecule has 0 bridgehead atoms. The predicted octanol–water partition coefficient (Wildman–Crippen LogP) is 1.46. The third-order valence-electron chi connectivity index (χ3n) is 2.52. The Bertz CT molecular complexity index is 701. The van der Waals surface area contributed by atoms with E-state index in [9.17, 15) is 20.0 Å². The van der Waals surface area contributed by atoms with E-state index in [1.165, 1.54) is 36.7 Å². The fraction of sp³-hybridized carbons (Fsp3) is 0. The second kappa shape index (κ2) is 6.24. The number of benzene rings is 1. The molecule has 0 unspecified atom stereocenters. The number of nitrogens with one attached hydrogen (secondary N) is 1. The zero-order valence-electron chi connectivity index (χ0n) is 10.6. The standard InChI is InChI=1S/C13H10N4O4/c18-11-1-2-12(17(20)21)10(7-11)8-15-16-13(19)9-3-5-14-6-4-9/h1-8,18H,(H,16,19). The Morgan fingerprint density at radius 1 is 1.33 bits per heavy atom. The molecule has 0 aliphatic carbocycles. The van der Waals surface area contributed by atoms with Crippen LogP contribution < -0.4 is 5.43 Å². The largest absolute Gasteiger partial charge is 0.508 e. The van der Waals surface area contributed by atoms with E-state index >= 15 is 0 Å². The van der Waals surface area contributed by atoms with E-state index in [2.05, 4.69) is 15.5 Å². The number of aromatic hydroxyl groups is 1. The summed E-state index contributed by atoms with van der Waals surface area (Å²) in [7, 11) is 0. The Morgan fingerprint density at radius 3 is 2.71 bits per heavy atom. The summed E-state index contributed by atoms with van der Waals surface area (Å²) in [4.78, 5) is 25.7. The van der Waals surface area contributed by atoms with Gasteiger partial charge in [0.05, 0.1) is 16.7 Å². The molecule has 2 rings (SSSR count). The topological polar surface area (TPSA) is 118 Å². The van der Waals surface area contributed by atoms with Crippen LogP contribution in [0.3, 0.4) is 0 Å². The van der Waals surface area contributed by atoms with E-state index in [1.54, 1.807) is 0 Å². The van der Waals surface area contributed by atoms with Crippen LogP contribution in [0.4, 0.5) is 5.69 Å². The van der Waals surface area contributed by atoms with Crippen molar-refractivity contribution in [1.29, 1.82) is 0 Å². The Balaban J connectivity index is 2.13. The summed E-state index contributed by atoms with van der Waals surface area (Å²) in [6.07, 6.45) is 4.01. The number of rotatable bonds is 4. The van der Waals surface area contributed by atoms with Gasteiger partial charge in [0.25, 0.3) is 11.6 Å². The quantitative estimate of drug-likeness (QED) is 0.501. The molecule has 106 valence electrons. The molecule has 0 aliphatic rings. The number of phenolic OH excluding ortho intramolecular Hbond substituents is 1. The summed E-state index contributed by atoms with van der Waals surface area (Å²) in [5.74, 6) is -0.612. The van der Waals surface area contributed by atoms with E-state index in [0.29, 0.717) is 5.56 Å². The Labute approximate surface area is 118 Å². The van der Waals surface area contributed by atoms with Crippen molar-refractivity contribution in [2.45, 2.75) is 0 Å². The number of carbonyl (C=O) groups is 1. The summed E-state index contributed by atoms with van der Waals surface area (Å²) in [6, 6.07) is 6.54. The highest BCUT2D eigenvalue weighted by atomic mass is 16.6. The minimum atomic E-state index is -0.606. The highest BCUT2D eigenvalue weighted by molar-refractivity contribution is 5.95. The highest BCUT2D eigenvalue weighted by Gasteiger charge is 2.12. The van der Waals surface area contributed by atoms with Gasteiger partial charge in [-0.15, -0.1) is 0 Å². The number of amides is 1. The lowest BCUT2D eigenvalue weighted by molar-refractivity contribution is -0.385. The Hall–Kier alpha value is -3.29. The molecule has 2 N–H and O–H groups in total. The molecule has 1 amide bonds. The van der Waals surface area contributed by atoms with Crippen molar-refractivity contribution in [3.8, 4) is 5.75 Å². The molecule has 0 fully saturated rings.